The zero-order valence-corrected chi connectivity index (χ0v) is 11.3. The van der Waals surface area contributed by atoms with Gasteiger partial charge in [-0.1, -0.05) is 0 Å². The number of rotatable bonds is 4. The second-order valence-electron chi connectivity index (χ2n) is 3.38. The minimum absolute atomic E-state index is 0.222. The molecule has 16 heavy (non-hydrogen) atoms. The molecule has 2 aromatic rings. The van der Waals surface area contributed by atoms with E-state index in [0.29, 0.717) is 0 Å². The third kappa shape index (κ3) is 2.87. The van der Waals surface area contributed by atoms with Crippen molar-refractivity contribution in [2.45, 2.75) is 12.5 Å². The summed E-state index contributed by atoms with van der Waals surface area (Å²) >= 11 is 5.22. The average Bonchev–Trinajstić information content (AvgIpc) is 2.73. The van der Waals surface area contributed by atoms with Crippen molar-refractivity contribution in [3.8, 4) is 0 Å². The quantitative estimate of drug-likeness (QED) is 0.943. The first kappa shape index (κ1) is 11.7. The van der Waals surface area contributed by atoms with Crippen molar-refractivity contribution in [1.29, 1.82) is 0 Å². The largest absolute Gasteiger partial charge is 0.311 e. The number of aromatic nitrogens is 2. The van der Waals surface area contributed by atoms with E-state index in [1.54, 1.807) is 23.7 Å². The van der Waals surface area contributed by atoms with Crippen LogP contribution in [0.4, 0.5) is 0 Å². The molecule has 2 aromatic heterocycles. The van der Waals surface area contributed by atoms with Crippen LogP contribution in [0.15, 0.2) is 34.5 Å². The first-order valence-electron chi connectivity index (χ1n) is 4.97. The Balaban J connectivity index is 2.12. The molecular formula is C11H12BrN3S. The van der Waals surface area contributed by atoms with Gasteiger partial charge in [0.25, 0.3) is 0 Å². The summed E-state index contributed by atoms with van der Waals surface area (Å²) in [7, 11) is 1.95. The van der Waals surface area contributed by atoms with Crippen molar-refractivity contribution >= 4 is 27.3 Å². The summed E-state index contributed by atoms with van der Waals surface area (Å²) in [6.45, 7) is 0. The molecule has 5 heteroatoms. The molecule has 0 aliphatic rings. The molecule has 0 spiro atoms. The van der Waals surface area contributed by atoms with Crippen molar-refractivity contribution in [3.05, 3.63) is 45.1 Å². The Morgan fingerprint density at radius 3 is 2.88 bits per heavy atom. The Morgan fingerprint density at radius 1 is 1.44 bits per heavy atom. The van der Waals surface area contributed by atoms with Crippen LogP contribution < -0.4 is 5.32 Å². The van der Waals surface area contributed by atoms with Crippen molar-refractivity contribution in [1.82, 2.24) is 15.3 Å². The smallest absolute Gasteiger partial charge is 0.0759 e. The summed E-state index contributed by atoms with van der Waals surface area (Å²) in [6, 6.07) is 4.43. The van der Waals surface area contributed by atoms with E-state index >= 15 is 0 Å². The molecule has 0 saturated carbocycles. The molecule has 0 aromatic carbocycles. The minimum Gasteiger partial charge on any atom is -0.311 e. The fraction of sp³-hybridized carbons (Fsp3) is 0.273. The highest BCUT2D eigenvalue weighted by Gasteiger charge is 2.12. The van der Waals surface area contributed by atoms with Gasteiger partial charge in [0.2, 0.25) is 0 Å². The first-order valence-corrected chi connectivity index (χ1v) is 6.58. The summed E-state index contributed by atoms with van der Waals surface area (Å²) in [5.74, 6) is 0. The summed E-state index contributed by atoms with van der Waals surface area (Å²) in [5, 5.41) is 3.26. The molecule has 84 valence electrons. The number of hydrogen-bond donors (Lipinski definition) is 1. The molecule has 2 heterocycles. The molecule has 1 N–H and O–H groups in total. The van der Waals surface area contributed by atoms with Gasteiger partial charge in [-0.2, -0.15) is 0 Å². The van der Waals surface area contributed by atoms with Crippen LogP contribution in [0, 0.1) is 0 Å². The van der Waals surface area contributed by atoms with Gasteiger partial charge in [-0.15, -0.1) is 11.3 Å². The third-order valence-electron chi connectivity index (χ3n) is 2.32. The van der Waals surface area contributed by atoms with E-state index in [0.717, 1.165) is 15.9 Å². The maximum absolute atomic E-state index is 4.32. The Morgan fingerprint density at radius 2 is 2.31 bits per heavy atom. The Hall–Kier alpha value is -0.780. The molecule has 3 nitrogen and oxygen atoms in total. The zero-order valence-electron chi connectivity index (χ0n) is 8.85. The van der Waals surface area contributed by atoms with Crippen molar-refractivity contribution in [3.63, 3.8) is 0 Å². The highest BCUT2D eigenvalue weighted by molar-refractivity contribution is 9.11. The highest BCUT2D eigenvalue weighted by Crippen LogP contribution is 2.25. The SMILES string of the molecule is CNC(Cc1ccc(Br)s1)c1cnccn1. The van der Waals surface area contributed by atoms with Crippen LogP contribution in [-0.2, 0) is 6.42 Å². The van der Waals surface area contributed by atoms with Crippen LogP contribution in [0.2, 0.25) is 0 Å². The lowest BCUT2D eigenvalue weighted by molar-refractivity contribution is 0.577. The molecule has 0 fully saturated rings. The fourth-order valence-corrected chi connectivity index (χ4v) is 3.04. The summed E-state index contributed by atoms with van der Waals surface area (Å²) in [6.07, 6.45) is 6.16. The number of nitrogens with zero attached hydrogens (tertiary/aromatic N) is 2. The van der Waals surface area contributed by atoms with Crippen LogP contribution in [0.5, 0.6) is 0 Å². The molecule has 0 amide bonds. The van der Waals surface area contributed by atoms with Gasteiger partial charge < -0.3 is 5.32 Å². The Labute approximate surface area is 107 Å². The van der Waals surface area contributed by atoms with Gasteiger partial charge in [0, 0.05) is 29.9 Å². The number of halogens is 1. The van der Waals surface area contributed by atoms with E-state index < -0.39 is 0 Å². The topological polar surface area (TPSA) is 37.8 Å². The molecule has 2 rings (SSSR count). The lowest BCUT2D eigenvalue weighted by atomic mass is 10.1. The lowest BCUT2D eigenvalue weighted by Gasteiger charge is -2.13. The molecule has 0 saturated heterocycles. The number of nitrogens with one attached hydrogen (secondary N) is 1. The Bertz CT molecular complexity index is 444. The van der Waals surface area contributed by atoms with Crippen LogP contribution in [0.3, 0.4) is 0 Å². The van der Waals surface area contributed by atoms with Gasteiger partial charge in [0.05, 0.1) is 15.5 Å². The molecular weight excluding hydrogens is 286 g/mol. The molecule has 0 aliphatic carbocycles. The zero-order chi connectivity index (χ0) is 11.4. The first-order chi connectivity index (χ1) is 7.79. The molecule has 0 bridgehead atoms. The summed E-state index contributed by atoms with van der Waals surface area (Å²) in [4.78, 5) is 9.74. The lowest BCUT2D eigenvalue weighted by Crippen LogP contribution is -2.19. The highest BCUT2D eigenvalue weighted by atomic mass is 79.9. The molecule has 0 radical (unpaired) electrons. The van der Waals surface area contributed by atoms with E-state index in [9.17, 15) is 0 Å². The Kier molecular flexibility index (Phi) is 4.04. The standard InChI is InChI=1S/C11H12BrN3S/c1-13-9(10-7-14-4-5-15-10)6-8-2-3-11(12)16-8/h2-5,7,9,13H,6H2,1H3. The van der Waals surface area contributed by atoms with Crippen LogP contribution >= 0.6 is 27.3 Å². The van der Waals surface area contributed by atoms with E-state index in [4.69, 9.17) is 0 Å². The maximum atomic E-state index is 4.32. The van der Waals surface area contributed by atoms with Crippen LogP contribution in [0.1, 0.15) is 16.6 Å². The number of likely N-dealkylation sites (N-methyl/N-ethyl adjacent to an activating group) is 1. The number of thiophene rings is 1. The normalized spacial score (nSPS) is 12.6. The second kappa shape index (κ2) is 5.52. The van der Waals surface area contributed by atoms with Crippen molar-refractivity contribution < 1.29 is 0 Å². The van der Waals surface area contributed by atoms with Gasteiger partial charge in [-0.25, -0.2) is 0 Å². The van der Waals surface area contributed by atoms with Crippen LogP contribution in [0.25, 0.3) is 0 Å². The maximum Gasteiger partial charge on any atom is 0.0759 e. The number of hydrogen-bond acceptors (Lipinski definition) is 4. The van der Waals surface area contributed by atoms with E-state index in [-0.39, 0.29) is 6.04 Å². The molecule has 1 unspecified atom stereocenters. The van der Waals surface area contributed by atoms with E-state index in [1.165, 1.54) is 4.88 Å². The molecule has 1 atom stereocenters. The summed E-state index contributed by atoms with van der Waals surface area (Å²) in [5.41, 5.74) is 0.981. The summed E-state index contributed by atoms with van der Waals surface area (Å²) < 4.78 is 1.16. The van der Waals surface area contributed by atoms with Gasteiger partial charge in [-0.05, 0) is 35.1 Å². The third-order valence-corrected chi connectivity index (χ3v) is 3.97. The monoisotopic (exact) mass is 297 g/mol. The molecule has 0 aliphatic heterocycles. The fourth-order valence-electron chi connectivity index (χ4n) is 1.51. The minimum atomic E-state index is 0.222. The van der Waals surface area contributed by atoms with Crippen molar-refractivity contribution in [2.75, 3.05) is 7.05 Å². The predicted molar refractivity (Wildman–Crippen MR) is 69.6 cm³/mol. The average molecular weight is 298 g/mol. The van der Waals surface area contributed by atoms with Crippen molar-refractivity contribution in [2.24, 2.45) is 0 Å². The van der Waals surface area contributed by atoms with E-state index in [2.05, 4.69) is 43.3 Å². The van der Waals surface area contributed by atoms with Gasteiger partial charge in [-0.3, -0.25) is 9.97 Å². The van der Waals surface area contributed by atoms with E-state index in [1.807, 2.05) is 13.2 Å². The van der Waals surface area contributed by atoms with Gasteiger partial charge in [0.1, 0.15) is 0 Å². The van der Waals surface area contributed by atoms with Gasteiger partial charge >= 0.3 is 0 Å². The van der Waals surface area contributed by atoms with Gasteiger partial charge in [0.15, 0.2) is 0 Å². The predicted octanol–water partition coefficient (Wildman–Crippen LogP) is 2.80. The van der Waals surface area contributed by atoms with Crippen LogP contribution in [-0.4, -0.2) is 17.0 Å². The second-order valence-corrected chi connectivity index (χ2v) is 5.93.